The first-order valence-corrected chi connectivity index (χ1v) is 5.48. The number of anilines is 1. The molecule has 1 atom stereocenters. The van der Waals surface area contributed by atoms with Crippen LogP contribution in [0.15, 0.2) is 24.3 Å². The summed E-state index contributed by atoms with van der Waals surface area (Å²) in [5, 5.41) is 4.88. The fourth-order valence-corrected chi connectivity index (χ4v) is 1.90. The topological polar surface area (TPSA) is 84.2 Å². The SMILES string of the molecule is CC1(CCc2cccc(N)c2)NC(=O)NC1=O. The van der Waals surface area contributed by atoms with Crippen LogP contribution in [0.4, 0.5) is 10.5 Å². The number of carbonyl (C=O) groups excluding carboxylic acids is 2. The summed E-state index contributed by atoms with van der Waals surface area (Å²) < 4.78 is 0. The average molecular weight is 233 g/mol. The van der Waals surface area contributed by atoms with Gasteiger partial charge in [0.25, 0.3) is 5.91 Å². The summed E-state index contributed by atoms with van der Waals surface area (Å²) in [5.41, 5.74) is 6.62. The van der Waals surface area contributed by atoms with Crippen molar-refractivity contribution < 1.29 is 9.59 Å². The predicted octanol–water partition coefficient (Wildman–Crippen LogP) is 0.799. The maximum atomic E-state index is 11.6. The monoisotopic (exact) mass is 233 g/mol. The van der Waals surface area contributed by atoms with Crippen molar-refractivity contribution >= 4 is 17.6 Å². The highest BCUT2D eigenvalue weighted by Gasteiger charge is 2.41. The number of nitrogens with two attached hydrogens (primary N) is 1. The van der Waals surface area contributed by atoms with Crippen LogP contribution < -0.4 is 16.4 Å². The molecular formula is C12H15N3O2. The van der Waals surface area contributed by atoms with Gasteiger partial charge in [0.15, 0.2) is 0 Å². The smallest absolute Gasteiger partial charge is 0.322 e. The molecule has 90 valence electrons. The summed E-state index contributed by atoms with van der Waals surface area (Å²) in [6.07, 6.45) is 1.24. The number of nitrogens with one attached hydrogen (secondary N) is 2. The number of urea groups is 1. The molecule has 1 aliphatic heterocycles. The first-order valence-electron chi connectivity index (χ1n) is 5.48. The molecule has 3 amide bonds. The van der Waals surface area contributed by atoms with Gasteiger partial charge in [-0.05, 0) is 37.5 Å². The Morgan fingerprint density at radius 3 is 2.71 bits per heavy atom. The standard InChI is InChI=1S/C12H15N3O2/c1-12(10(16)14-11(17)15-12)6-5-8-3-2-4-9(13)7-8/h2-4,7H,5-6,13H2,1H3,(H2,14,15,16,17). The molecule has 1 unspecified atom stereocenters. The van der Waals surface area contributed by atoms with Gasteiger partial charge in [-0.3, -0.25) is 10.1 Å². The van der Waals surface area contributed by atoms with Crippen LogP contribution in [0, 0.1) is 0 Å². The van der Waals surface area contributed by atoms with Gasteiger partial charge in [-0.1, -0.05) is 12.1 Å². The van der Waals surface area contributed by atoms with Crippen molar-refractivity contribution in [2.75, 3.05) is 5.73 Å². The minimum Gasteiger partial charge on any atom is -0.399 e. The van der Waals surface area contributed by atoms with Crippen LogP contribution in [-0.4, -0.2) is 17.5 Å². The fraction of sp³-hybridized carbons (Fsp3) is 0.333. The van der Waals surface area contributed by atoms with E-state index in [9.17, 15) is 9.59 Å². The fourth-order valence-electron chi connectivity index (χ4n) is 1.90. The zero-order valence-corrected chi connectivity index (χ0v) is 9.62. The lowest BCUT2D eigenvalue weighted by molar-refractivity contribution is -0.123. The average Bonchev–Trinajstić information content (AvgIpc) is 2.51. The summed E-state index contributed by atoms with van der Waals surface area (Å²) in [6, 6.07) is 7.09. The molecule has 0 bridgehead atoms. The highest BCUT2D eigenvalue weighted by Crippen LogP contribution is 2.18. The Morgan fingerprint density at radius 1 is 1.35 bits per heavy atom. The third-order valence-electron chi connectivity index (χ3n) is 2.98. The summed E-state index contributed by atoms with van der Waals surface area (Å²) in [4.78, 5) is 22.6. The molecule has 1 heterocycles. The van der Waals surface area contributed by atoms with Crippen LogP contribution in [0.5, 0.6) is 0 Å². The van der Waals surface area contributed by atoms with Crippen LogP contribution in [0.25, 0.3) is 0 Å². The van der Waals surface area contributed by atoms with Gasteiger partial charge >= 0.3 is 6.03 Å². The van der Waals surface area contributed by atoms with Crippen molar-refractivity contribution in [1.29, 1.82) is 0 Å². The van der Waals surface area contributed by atoms with Gasteiger partial charge < -0.3 is 11.1 Å². The Morgan fingerprint density at radius 2 is 2.12 bits per heavy atom. The minimum absolute atomic E-state index is 0.272. The van der Waals surface area contributed by atoms with E-state index in [1.807, 2.05) is 24.3 Å². The summed E-state index contributed by atoms with van der Waals surface area (Å²) in [6.45, 7) is 1.72. The molecule has 4 N–H and O–H groups in total. The van der Waals surface area contributed by atoms with Crippen molar-refractivity contribution in [1.82, 2.24) is 10.6 Å². The first kappa shape index (κ1) is 11.4. The molecule has 0 aromatic heterocycles. The highest BCUT2D eigenvalue weighted by molar-refractivity contribution is 6.06. The molecule has 0 saturated carbocycles. The number of hydrogen-bond donors (Lipinski definition) is 3. The van der Waals surface area contributed by atoms with E-state index in [1.54, 1.807) is 6.92 Å². The Labute approximate surface area is 99.4 Å². The van der Waals surface area contributed by atoms with Crippen molar-refractivity contribution in [2.24, 2.45) is 0 Å². The zero-order valence-electron chi connectivity index (χ0n) is 9.62. The first-order chi connectivity index (χ1) is 7.99. The number of carbonyl (C=O) groups is 2. The Hall–Kier alpha value is -2.04. The van der Waals surface area contributed by atoms with Crippen LogP contribution in [0.2, 0.25) is 0 Å². The number of hydrogen-bond acceptors (Lipinski definition) is 3. The van der Waals surface area contributed by atoms with Gasteiger partial charge in [0.2, 0.25) is 0 Å². The number of aryl methyl sites for hydroxylation is 1. The molecule has 0 spiro atoms. The van der Waals surface area contributed by atoms with E-state index in [2.05, 4.69) is 10.6 Å². The van der Waals surface area contributed by atoms with E-state index < -0.39 is 11.6 Å². The zero-order chi connectivity index (χ0) is 12.5. The van der Waals surface area contributed by atoms with Crippen LogP contribution in [-0.2, 0) is 11.2 Å². The van der Waals surface area contributed by atoms with Crippen molar-refractivity contribution in [3.63, 3.8) is 0 Å². The number of imide groups is 1. The number of amides is 3. The lowest BCUT2D eigenvalue weighted by Crippen LogP contribution is -2.43. The van der Waals surface area contributed by atoms with E-state index in [-0.39, 0.29) is 5.91 Å². The molecule has 1 fully saturated rings. The minimum atomic E-state index is -0.818. The third-order valence-corrected chi connectivity index (χ3v) is 2.98. The lowest BCUT2D eigenvalue weighted by Gasteiger charge is -2.20. The second-order valence-corrected chi connectivity index (χ2v) is 4.49. The summed E-state index contributed by atoms with van der Waals surface area (Å²) >= 11 is 0. The van der Waals surface area contributed by atoms with Gasteiger partial charge in [-0.15, -0.1) is 0 Å². The van der Waals surface area contributed by atoms with E-state index in [0.29, 0.717) is 18.5 Å². The summed E-state index contributed by atoms with van der Waals surface area (Å²) in [5.74, 6) is -0.272. The molecule has 5 heteroatoms. The molecular weight excluding hydrogens is 218 g/mol. The predicted molar refractivity (Wildman–Crippen MR) is 64.3 cm³/mol. The maximum absolute atomic E-state index is 11.6. The molecule has 0 radical (unpaired) electrons. The second-order valence-electron chi connectivity index (χ2n) is 4.49. The van der Waals surface area contributed by atoms with E-state index in [1.165, 1.54) is 0 Å². The quantitative estimate of drug-likeness (QED) is 0.533. The maximum Gasteiger partial charge on any atom is 0.322 e. The normalized spacial score (nSPS) is 23.4. The molecule has 1 aliphatic rings. The van der Waals surface area contributed by atoms with E-state index in [4.69, 9.17) is 5.73 Å². The van der Waals surface area contributed by atoms with Gasteiger partial charge in [0.05, 0.1) is 0 Å². The second kappa shape index (κ2) is 4.08. The Balaban J connectivity index is 2.03. The van der Waals surface area contributed by atoms with Crippen LogP contribution >= 0.6 is 0 Å². The van der Waals surface area contributed by atoms with E-state index >= 15 is 0 Å². The molecule has 2 rings (SSSR count). The van der Waals surface area contributed by atoms with Crippen LogP contribution in [0.3, 0.4) is 0 Å². The summed E-state index contributed by atoms with van der Waals surface area (Å²) in [7, 11) is 0. The molecule has 5 nitrogen and oxygen atoms in total. The molecule has 1 aromatic carbocycles. The highest BCUT2D eigenvalue weighted by atomic mass is 16.2. The van der Waals surface area contributed by atoms with Crippen molar-refractivity contribution in [3.8, 4) is 0 Å². The van der Waals surface area contributed by atoms with Gasteiger partial charge in [-0.25, -0.2) is 4.79 Å². The number of nitrogen functional groups attached to an aromatic ring is 1. The van der Waals surface area contributed by atoms with Crippen molar-refractivity contribution in [3.05, 3.63) is 29.8 Å². The molecule has 17 heavy (non-hydrogen) atoms. The number of benzene rings is 1. The largest absolute Gasteiger partial charge is 0.399 e. The molecule has 1 aromatic rings. The molecule has 1 saturated heterocycles. The number of rotatable bonds is 3. The lowest BCUT2D eigenvalue weighted by atomic mass is 9.93. The van der Waals surface area contributed by atoms with Gasteiger partial charge in [0, 0.05) is 5.69 Å². The van der Waals surface area contributed by atoms with Crippen LogP contribution in [0.1, 0.15) is 18.9 Å². The van der Waals surface area contributed by atoms with E-state index in [0.717, 1.165) is 5.56 Å². The van der Waals surface area contributed by atoms with Gasteiger partial charge in [0.1, 0.15) is 5.54 Å². The third kappa shape index (κ3) is 2.38. The van der Waals surface area contributed by atoms with Gasteiger partial charge in [-0.2, -0.15) is 0 Å². The molecule has 0 aliphatic carbocycles. The Kier molecular flexibility index (Phi) is 2.75. The van der Waals surface area contributed by atoms with Crippen molar-refractivity contribution in [2.45, 2.75) is 25.3 Å². The Bertz CT molecular complexity index is 473.